The van der Waals surface area contributed by atoms with Crippen LogP contribution in [0.2, 0.25) is 0 Å². The fourth-order valence-corrected chi connectivity index (χ4v) is 5.95. The molecule has 2 unspecified atom stereocenters. The first-order valence-corrected chi connectivity index (χ1v) is 12.6. The van der Waals surface area contributed by atoms with Gasteiger partial charge in [-0.05, 0) is 42.4 Å². The van der Waals surface area contributed by atoms with Crippen molar-refractivity contribution in [2.45, 2.75) is 58.4 Å². The molecular weight excluding hydrogens is 440 g/mol. The molecule has 1 heterocycles. The quantitative estimate of drug-likeness (QED) is 0.576. The van der Waals surface area contributed by atoms with E-state index in [4.69, 9.17) is 4.74 Å². The van der Waals surface area contributed by atoms with Gasteiger partial charge in [-0.3, -0.25) is 14.4 Å². The highest BCUT2D eigenvalue weighted by Crippen LogP contribution is 2.47. The molecule has 0 bridgehead atoms. The second kappa shape index (κ2) is 10.2. The van der Waals surface area contributed by atoms with Crippen LogP contribution in [0.25, 0.3) is 11.1 Å². The average molecular weight is 477 g/mol. The van der Waals surface area contributed by atoms with Crippen molar-refractivity contribution in [1.29, 1.82) is 0 Å². The van der Waals surface area contributed by atoms with Crippen LogP contribution < -0.4 is 10.2 Å². The maximum atomic E-state index is 14.0. The van der Waals surface area contributed by atoms with Crippen LogP contribution in [0.3, 0.4) is 0 Å². The fourth-order valence-electron chi connectivity index (χ4n) is 5.95. The largest absolute Gasteiger partial charge is 0.469 e. The van der Waals surface area contributed by atoms with Crippen molar-refractivity contribution < 1.29 is 19.1 Å². The summed E-state index contributed by atoms with van der Waals surface area (Å²) in [6.45, 7) is 4.12. The van der Waals surface area contributed by atoms with Crippen LogP contribution in [0.1, 0.15) is 64.0 Å². The molecule has 0 saturated heterocycles. The zero-order valence-electron chi connectivity index (χ0n) is 21.2. The lowest BCUT2D eigenvalue weighted by atomic mass is 9.63. The standard InChI is InChI=1S/C29H36N2O4/c1-19(2)18-23(29(28(34)35-4)16-10-5-11-17-29)26(32)30-25-22-14-7-6-12-20(22)21-13-8-9-15-24(21)31(3)27(25)33/h6-9,12-15,19,23,25H,5,10-11,16-18H2,1-4H3,(H,30,32). The number of nitrogens with one attached hydrogen (secondary N) is 1. The molecule has 1 aliphatic carbocycles. The number of esters is 1. The molecule has 0 spiro atoms. The highest BCUT2D eigenvalue weighted by Gasteiger charge is 2.51. The Balaban J connectivity index is 1.75. The molecule has 2 atom stereocenters. The summed E-state index contributed by atoms with van der Waals surface area (Å²) in [5.74, 6) is -1.12. The zero-order valence-corrected chi connectivity index (χ0v) is 21.2. The highest BCUT2D eigenvalue weighted by atomic mass is 16.5. The number of likely N-dealkylation sites (N-methyl/N-ethyl adjacent to an activating group) is 1. The van der Waals surface area contributed by atoms with Crippen molar-refractivity contribution in [2.24, 2.45) is 17.3 Å². The minimum Gasteiger partial charge on any atom is -0.469 e. The Labute approximate surface area is 208 Å². The maximum absolute atomic E-state index is 14.0. The normalized spacial score (nSPS) is 19.9. The first kappa shape index (κ1) is 25.0. The van der Waals surface area contributed by atoms with E-state index >= 15 is 0 Å². The zero-order chi connectivity index (χ0) is 25.2. The molecule has 1 saturated carbocycles. The van der Waals surface area contributed by atoms with Gasteiger partial charge in [0, 0.05) is 12.6 Å². The van der Waals surface area contributed by atoms with Gasteiger partial charge in [-0.1, -0.05) is 75.6 Å². The second-order valence-corrected chi connectivity index (χ2v) is 10.3. The number of nitrogens with zero attached hydrogens (tertiary/aromatic N) is 1. The molecule has 0 radical (unpaired) electrons. The number of ether oxygens (including phenoxy) is 1. The van der Waals surface area contributed by atoms with Crippen LogP contribution in [-0.4, -0.2) is 31.9 Å². The lowest BCUT2D eigenvalue weighted by Gasteiger charge is -2.41. The predicted octanol–water partition coefficient (Wildman–Crippen LogP) is 5.27. The SMILES string of the molecule is COC(=O)C1(C(CC(C)C)C(=O)NC2C(=O)N(C)c3ccccc3-c3ccccc32)CCCCC1. The topological polar surface area (TPSA) is 75.7 Å². The number of fused-ring (bicyclic) bond motifs is 3. The van der Waals surface area contributed by atoms with E-state index < -0.39 is 17.4 Å². The Kier molecular flexibility index (Phi) is 7.29. The van der Waals surface area contributed by atoms with Crippen molar-refractivity contribution in [1.82, 2.24) is 5.32 Å². The number of benzene rings is 2. The molecule has 2 aromatic rings. The van der Waals surface area contributed by atoms with Gasteiger partial charge >= 0.3 is 5.97 Å². The molecule has 1 N–H and O–H groups in total. The number of anilines is 1. The van der Waals surface area contributed by atoms with E-state index in [2.05, 4.69) is 19.2 Å². The number of carbonyl (C=O) groups excluding carboxylic acids is 3. The molecule has 1 fully saturated rings. The lowest BCUT2D eigenvalue weighted by Crippen LogP contribution is -2.51. The number of methoxy groups -OCH3 is 1. The van der Waals surface area contributed by atoms with E-state index in [-0.39, 0.29) is 23.7 Å². The van der Waals surface area contributed by atoms with Gasteiger partial charge in [0.15, 0.2) is 0 Å². The maximum Gasteiger partial charge on any atom is 0.312 e. The molecule has 35 heavy (non-hydrogen) atoms. The number of para-hydroxylation sites is 1. The van der Waals surface area contributed by atoms with Gasteiger partial charge < -0.3 is 15.0 Å². The van der Waals surface area contributed by atoms with Gasteiger partial charge in [0.1, 0.15) is 6.04 Å². The minimum atomic E-state index is -0.858. The Hall–Kier alpha value is -3.15. The molecule has 2 amide bonds. The molecule has 4 rings (SSSR count). The molecule has 6 nitrogen and oxygen atoms in total. The summed E-state index contributed by atoms with van der Waals surface area (Å²) in [7, 11) is 3.15. The van der Waals surface area contributed by atoms with E-state index in [9.17, 15) is 14.4 Å². The van der Waals surface area contributed by atoms with E-state index in [0.29, 0.717) is 19.3 Å². The van der Waals surface area contributed by atoms with Crippen LogP contribution >= 0.6 is 0 Å². The third-order valence-corrected chi connectivity index (χ3v) is 7.72. The Morgan fingerprint density at radius 3 is 2.31 bits per heavy atom. The van der Waals surface area contributed by atoms with Gasteiger partial charge in [0.05, 0.1) is 24.1 Å². The van der Waals surface area contributed by atoms with Crippen LogP contribution in [-0.2, 0) is 19.1 Å². The number of hydrogen-bond donors (Lipinski definition) is 1. The van der Waals surface area contributed by atoms with Crippen molar-refractivity contribution in [3.05, 3.63) is 54.1 Å². The number of rotatable bonds is 6. The summed E-state index contributed by atoms with van der Waals surface area (Å²) in [4.78, 5) is 42.5. The number of hydrogen-bond acceptors (Lipinski definition) is 4. The first-order valence-electron chi connectivity index (χ1n) is 12.6. The van der Waals surface area contributed by atoms with Crippen molar-refractivity contribution in [3.63, 3.8) is 0 Å². The van der Waals surface area contributed by atoms with Crippen LogP contribution in [0.5, 0.6) is 0 Å². The summed E-state index contributed by atoms with van der Waals surface area (Å²) in [5, 5.41) is 3.10. The molecule has 1 aliphatic heterocycles. The molecule has 186 valence electrons. The van der Waals surface area contributed by atoms with Crippen LogP contribution in [0, 0.1) is 17.3 Å². The summed E-state index contributed by atoms with van der Waals surface area (Å²) in [6, 6.07) is 14.7. The van der Waals surface area contributed by atoms with E-state index in [1.807, 2.05) is 48.5 Å². The highest BCUT2D eigenvalue weighted by molar-refractivity contribution is 6.06. The minimum absolute atomic E-state index is 0.199. The fraction of sp³-hybridized carbons (Fsp3) is 0.483. The molecular formula is C29H36N2O4. The predicted molar refractivity (Wildman–Crippen MR) is 137 cm³/mol. The molecule has 0 aromatic heterocycles. The second-order valence-electron chi connectivity index (χ2n) is 10.3. The van der Waals surface area contributed by atoms with E-state index in [1.165, 1.54) is 7.11 Å². The van der Waals surface area contributed by atoms with Gasteiger partial charge in [0.2, 0.25) is 5.91 Å². The van der Waals surface area contributed by atoms with Gasteiger partial charge in [-0.15, -0.1) is 0 Å². The summed E-state index contributed by atoms with van der Waals surface area (Å²) < 4.78 is 5.26. The van der Waals surface area contributed by atoms with Crippen molar-refractivity contribution in [3.8, 4) is 11.1 Å². The van der Waals surface area contributed by atoms with Crippen LogP contribution in [0.4, 0.5) is 5.69 Å². The summed E-state index contributed by atoms with van der Waals surface area (Å²) in [5.41, 5.74) is 2.59. The van der Waals surface area contributed by atoms with Crippen molar-refractivity contribution in [2.75, 3.05) is 19.1 Å². The molecule has 6 heteroatoms. The number of carbonyl (C=O) groups is 3. The Bertz CT molecular complexity index is 1100. The average Bonchev–Trinajstić information content (AvgIpc) is 2.96. The van der Waals surface area contributed by atoms with Gasteiger partial charge in [-0.2, -0.15) is 0 Å². The van der Waals surface area contributed by atoms with E-state index in [0.717, 1.165) is 41.6 Å². The summed E-state index contributed by atoms with van der Waals surface area (Å²) in [6.07, 6.45) is 4.64. The van der Waals surface area contributed by atoms with Crippen molar-refractivity contribution >= 4 is 23.5 Å². The third-order valence-electron chi connectivity index (χ3n) is 7.72. The Morgan fingerprint density at radius 1 is 1.03 bits per heavy atom. The summed E-state index contributed by atoms with van der Waals surface area (Å²) >= 11 is 0. The van der Waals surface area contributed by atoms with Gasteiger partial charge in [0.25, 0.3) is 5.91 Å². The van der Waals surface area contributed by atoms with E-state index in [1.54, 1.807) is 11.9 Å². The molecule has 2 aromatic carbocycles. The Morgan fingerprint density at radius 2 is 1.66 bits per heavy atom. The first-order chi connectivity index (χ1) is 16.8. The van der Waals surface area contributed by atoms with Gasteiger partial charge in [-0.25, -0.2) is 0 Å². The lowest BCUT2D eigenvalue weighted by molar-refractivity contribution is -0.164. The monoisotopic (exact) mass is 476 g/mol. The van der Waals surface area contributed by atoms with Crippen LogP contribution in [0.15, 0.2) is 48.5 Å². The molecule has 2 aliphatic rings. The third kappa shape index (κ3) is 4.58. The smallest absolute Gasteiger partial charge is 0.312 e. The number of amides is 2.